The van der Waals surface area contributed by atoms with Gasteiger partial charge < -0.3 is 5.32 Å². The molecule has 0 saturated heterocycles. The van der Waals surface area contributed by atoms with E-state index < -0.39 is 11.7 Å². The van der Waals surface area contributed by atoms with Crippen LogP contribution in [0.5, 0.6) is 0 Å². The second-order valence-corrected chi connectivity index (χ2v) is 5.91. The van der Waals surface area contributed by atoms with E-state index in [4.69, 9.17) is 0 Å². The number of nitrogens with one attached hydrogen (secondary N) is 1. The molecule has 0 atom stereocenters. The van der Waals surface area contributed by atoms with Crippen molar-refractivity contribution in [2.75, 3.05) is 5.32 Å². The highest BCUT2D eigenvalue weighted by atomic mass is 79.9. The number of hydrogen-bond acceptors (Lipinski definition) is 2. The summed E-state index contributed by atoms with van der Waals surface area (Å²) in [5, 5.41) is 2.90. The van der Waals surface area contributed by atoms with Gasteiger partial charge in [-0.25, -0.2) is 4.98 Å². The van der Waals surface area contributed by atoms with Crippen molar-refractivity contribution < 1.29 is 13.2 Å². The first kappa shape index (κ1) is 15.3. The lowest BCUT2D eigenvalue weighted by molar-refractivity contribution is -0.137. The van der Waals surface area contributed by atoms with Gasteiger partial charge in [0, 0.05) is 15.1 Å². The molecule has 0 saturated carbocycles. The fraction of sp³-hybridized carbons (Fsp3) is 0.154. The smallest absolute Gasteiger partial charge is 0.339 e. The van der Waals surface area contributed by atoms with E-state index in [9.17, 15) is 13.2 Å². The molecule has 0 radical (unpaired) electrons. The number of hydrogen-bond donors (Lipinski definition) is 1. The molecule has 2 aromatic rings. The molecule has 2 rings (SSSR count). The lowest BCUT2D eigenvalue weighted by atomic mass is 10.2. The maximum Gasteiger partial charge on any atom is 0.416 e. The summed E-state index contributed by atoms with van der Waals surface area (Å²) in [5.74, 6) is 0.508. The number of nitrogens with zero attached hydrogens (tertiary/aromatic N) is 1. The van der Waals surface area contributed by atoms with Crippen LogP contribution in [-0.2, 0) is 6.18 Å². The Morgan fingerprint density at radius 2 is 1.85 bits per heavy atom. The molecule has 1 aromatic heterocycles. The lowest BCUT2D eigenvalue weighted by Gasteiger charge is -2.13. The molecule has 7 heteroatoms. The average Bonchev–Trinajstić information content (AvgIpc) is 2.33. The third-order valence-corrected chi connectivity index (χ3v) is 3.72. The zero-order valence-electron chi connectivity index (χ0n) is 10.2. The van der Waals surface area contributed by atoms with Crippen LogP contribution in [0.3, 0.4) is 0 Å². The molecule has 20 heavy (non-hydrogen) atoms. The standard InChI is InChI=1S/C13H9Br2F3N2/c1-7-4-9(14)6-19-12(7)20-11-5-8(13(16,17)18)2-3-10(11)15/h2-6H,1H3,(H,19,20). The van der Waals surface area contributed by atoms with Crippen LogP contribution >= 0.6 is 31.9 Å². The minimum Gasteiger partial charge on any atom is -0.339 e. The highest BCUT2D eigenvalue weighted by Gasteiger charge is 2.30. The molecule has 1 N–H and O–H groups in total. The van der Waals surface area contributed by atoms with Gasteiger partial charge in [-0.1, -0.05) is 0 Å². The number of rotatable bonds is 2. The molecular formula is C13H9Br2F3N2. The Kier molecular flexibility index (Phi) is 4.39. The second-order valence-electron chi connectivity index (χ2n) is 4.14. The Morgan fingerprint density at radius 3 is 2.45 bits per heavy atom. The molecule has 106 valence electrons. The van der Waals surface area contributed by atoms with E-state index in [1.807, 2.05) is 13.0 Å². The van der Waals surface area contributed by atoms with Crippen LogP contribution in [0.15, 0.2) is 39.4 Å². The summed E-state index contributed by atoms with van der Waals surface area (Å²) in [6.45, 7) is 1.82. The highest BCUT2D eigenvalue weighted by molar-refractivity contribution is 9.10. The minimum absolute atomic E-state index is 0.317. The molecule has 0 fully saturated rings. The van der Waals surface area contributed by atoms with Crippen molar-refractivity contribution in [3.8, 4) is 0 Å². The Labute approximate surface area is 130 Å². The quantitative estimate of drug-likeness (QED) is 0.690. The molecule has 2 nitrogen and oxygen atoms in total. The summed E-state index contributed by atoms with van der Waals surface area (Å²) in [5.41, 5.74) is 0.430. The normalized spacial score (nSPS) is 11.5. The molecule has 0 unspecified atom stereocenters. The summed E-state index contributed by atoms with van der Waals surface area (Å²) in [4.78, 5) is 4.15. The van der Waals surface area contributed by atoms with Gasteiger partial charge in [0.2, 0.25) is 0 Å². The predicted molar refractivity (Wildman–Crippen MR) is 79.1 cm³/mol. The fourth-order valence-corrected chi connectivity index (χ4v) is 2.39. The van der Waals surface area contributed by atoms with Crippen LogP contribution < -0.4 is 5.32 Å². The zero-order valence-corrected chi connectivity index (χ0v) is 13.4. The lowest BCUT2D eigenvalue weighted by Crippen LogP contribution is -2.06. The topological polar surface area (TPSA) is 24.9 Å². The molecule has 0 spiro atoms. The van der Waals surface area contributed by atoms with Gasteiger partial charge in [-0.2, -0.15) is 13.2 Å². The Balaban J connectivity index is 2.38. The highest BCUT2D eigenvalue weighted by Crippen LogP contribution is 2.35. The van der Waals surface area contributed by atoms with Crippen molar-refractivity contribution in [2.24, 2.45) is 0 Å². The molecule has 0 amide bonds. The molecule has 0 aliphatic heterocycles. The number of halogens is 5. The zero-order chi connectivity index (χ0) is 14.9. The maximum atomic E-state index is 12.7. The van der Waals surface area contributed by atoms with Crippen LogP contribution in [0, 0.1) is 6.92 Å². The van der Waals surface area contributed by atoms with Gasteiger partial charge in [-0.05, 0) is 68.6 Å². The Morgan fingerprint density at radius 1 is 1.15 bits per heavy atom. The van der Waals surface area contributed by atoms with Crippen molar-refractivity contribution in [2.45, 2.75) is 13.1 Å². The van der Waals surface area contributed by atoms with Crippen molar-refractivity contribution >= 4 is 43.4 Å². The van der Waals surface area contributed by atoms with Gasteiger partial charge in [-0.3, -0.25) is 0 Å². The number of aromatic nitrogens is 1. The van der Waals surface area contributed by atoms with Gasteiger partial charge >= 0.3 is 6.18 Å². The van der Waals surface area contributed by atoms with Crippen LogP contribution in [0.2, 0.25) is 0 Å². The van der Waals surface area contributed by atoms with E-state index in [1.165, 1.54) is 6.07 Å². The summed E-state index contributed by atoms with van der Waals surface area (Å²) >= 11 is 6.51. The van der Waals surface area contributed by atoms with E-state index in [1.54, 1.807) is 6.20 Å². The monoisotopic (exact) mass is 408 g/mol. The Bertz CT molecular complexity index is 642. The van der Waals surface area contributed by atoms with Crippen molar-refractivity contribution in [3.63, 3.8) is 0 Å². The van der Waals surface area contributed by atoms with Crippen LogP contribution in [0.1, 0.15) is 11.1 Å². The summed E-state index contributed by atoms with van der Waals surface area (Å²) < 4.78 is 39.5. The molecule has 1 aromatic carbocycles. The predicted octanol–water partition coefficient (Wildman–Crippen LogP) is 5.68. The van der Waals surface area contributed by atoms with Gasteiger partial charge in [0.05, 0.1) is 11.3 Å². The van der Waals surface area contributed by atoms with Gasteiger partial charge in [0.15, 0.2) is 0 Å². The van der Waals surface area contributed by atoms with Gasteiger partial charge in [0.1, 0.15) is 5.82 Å². The first-order valence-corrected chi connectivity index (χ1v) is 7.12. The maximum absolute atomic E-state index is 12.7. The molecule has 0 aliphatic rings. The van der Waals surface area contributed by atoms with E-state index in [-0.39, 0.29) is 0 Å². The van der Waals surface area contributed by atoms with Gasteiger partial charge in [-0.15, -0.1) is 0 Å². The van der Waals surface area contributed by atoms with Crippen LogP contribution in [-0.4, -0.2) is 4.98 Å². The molecular weight excluding hydrogens is 401 g/mol. The van der Waals surface area contributed by atoms with E-state index in [0.717, 1.165) is 22.2 Å². The molecule has 0 aliphatic carbocycles. The summed E-state index contributed by atoms with van der Waals surface area (Å²) in [6, 6.07) is 5.26. The fourth-order valence-electron chi connectivity index (χ4n) is 1.60. The van der Waals surface area contributed by atoms with Crippen LogP contribution in [0.25, 0.3) is 0 Å². The summed E-state index contributed by atoms with van der Waals surface area (Å²) in [6.07, 6.45) is -2.80. The van der Waals surface area contributed by atoms with Crippen molar-refractivity contribution in [1.29, 1.82) is 0 Å². The van der Waals surface area contributed by atoms with E-state index in [0.29, 0.717) is 16.0 Å². The number of benzene rings is 1. The average molecular weight is 410 g/mol. The van der Waals surface area contributed by atoms with Gasteiger partial charge in [0.25, 0.3) is 0 Å². The minimum atomic E-state index is -4.38. The Hall–Kier alpha value is -1.08. The number of aryl methyl sites for hydroxylation is 1. The number of pyridine rings is 1. The third kappa shape index (κ3) is 3.52. The van der Waals surface area contributed by atoms with E-state index in [2.05, 4.69) is 42.2 Å². The van der Waals surface area contributed by atoms with E-state index >= 15 is 0 Å². The summed E-state index contributed by atoms with van der Waals surface area (Å²) in [7, 11) is 0. The number of anilines is 2. The largest absolute Gasteiger partial charge is 0.416 e. The SMILES string of the molecule is Cc1cc(Br)cnc1Nc1cc(C(F)(F)F)ccc1Br. The molecule has 0 bridgehead atoms. The molecule has 1 heterocycles. The third-order valence-electron chi connectivity index (χ3n) is 2.59. The number of alkyl halides is 3. The first-order chi connectivity index (χ1) is 9.27. The van der Waals surface area contributed by atoms with Crippen molar-refractivity contribution in [3.05, 3.63) is 50.5 Å². The van der Waals surface area contributed by atoms with Crippen molar-refractivity contribution in [1.82, 2.24) is 4.98 Å². The van der Waals surface area contributed by atoms with Crippen LogP contribution in [0.4, 0.5) is 24.7 Å². The first-order valence-electron chi connectivity index (χ1n) is 5.53. The second kappa shape index (κ2) is 5.73.